The minimum atomic E-state index is -0.0479. The molecule has 1 aliphatic rings. The van der Waals surface area contributed by atoms with Crippen LogP contribution in [0.2, 0.25) is 0 Å². The monoisotopic (exact) mass is 346 g/mol. The molecule has 3 rings (SSSR count). The SMILES string of the molecule is C/C(=C\c1cccs1)C(=O)NCC(c1ccco1)N1CCOCC1. The summed E-state index contributed by atoms with van der Waals surface area (Å²) < 4.78 is 11.0. The molecule has 1 saturated heterocycles. The number of thiophene rings is 1. The van der Waals surface area contributed by atoms with E-state index in [2.05, 4.69) is 10.2 Å². The maximum absolute atomic E-state index is 12.4. The number of hydrogen-bond acceptors (Lipinski definition) is 5. The van der Waals surface area contributed by atoms with Crippen molar-refractivity contribution in [2.24, 2.45) is 0 Å². The van der Waals surface area contributed by atoms with Gasteiger partial charge in [0.1, 0.15) is 5.76 Å². The zero-order valence-corrected chi connectivity index (χ0v) is 14.6. The summed E-state index contributed by atoms with van der Waals surface area (Å²) in [6, 6.07) is 7.85. The van der Waals surface area contributed by atoms with E-state index in [1.54, 1.807) is 17.6 Å². The Morgan fingerprint density at radius 3 is 2.88 bits per heavy atom. The molecule has 0 spiro atoms. The van der Waals surface area contributed by atoms with Gasteiger partial charge >= 0.3 is 0 Å². The second-order valence-corrected chi connectivity index (χ2v) is 6.71. The quantitative estimate of drug-likeness (QED) is 0.817. The van der Waals surface area contributed by atoms with E-state index in [1.165, 1.54) is 0 Å². The molecule has 1 N–H and O–H groups in total. The molecule has 1 aliphatic heterocycles. The zero-order valence-electron chi connectivity index (χ0n) is 13.7. The van der Waals surface area contributed by atoms with Crippen molar-refractivity contribution < 1.29 is 13.9 Å². The summed E-state index contributed by atoms with van der Waals surface area (Å²) in [6.07, 6.45) is 3.59. The van der Waals surface area contributed by atoms with Gasteiger partial charge in [0.25, 0.3) is 0 Å². The van der Waals surface area contributed by atoms with Gasteiger partial charge < -0.3 is 14.5 Å². The third-order valence-electron chi connectivity index (χ3n) is 4.07. The van der Waals surface area contributed by atoms with Crippen molar-refractivity contribution in [3.8, 4) is 0 Å². The molecule has 0 aromatic carbocycles. The lowest BCUT2D eigenvalue weighted by Gasteiger charge is -2.33. The van der Waals surface area contributed by atoms with Crippen molar-refractivity contribution in [3.05, 3.63) is 52.1 Å². The lowest BCUT2D eigenvalue weighted by molar-refractivity contribution is -0.117. The van der Waals surface area contributed by atoms with Gasteiger partial charge in [0.2, 0.25) is 5.91 Å². The van der Waals surface area contributed by atoms with Gasteiger partial charge in [0, 0.05) is 30.1 Å². The summed E-state index contributed by atoms with van der Waals surface area (Å²) in [5, 5.41) is 5.04. The lowest BCUT2D eigenvalue weighted by Crippen LogP contribution is -2.43. The number of nitrogens with zero attached hydrogens (tertiary/aromatic N) is 1. The number of furan rings is 1. The van der Waals surface area contributed by atoms with Crippen LogP contribution >= 0.6 is 11.3 Å². The Kier molecular flexibility index (Phi) is 5.85. The number of carbonyl (C=O) groups excluding carboxylic acids is 1. The summed E-state index contributed by atoms with van der Waals surface area (Å²) in [4.78, 5) is 15.8. The molecule has 3 heterocycles. The van der Waals surface area contributed by atoms with Crippen LogP contribution in [0.3, 0.4) is 0 Å². The van der Waals surface area contributed by atoms with Crippen LogP contribution in [0, 0.1) is 0 Å². The highest BCUT2D eigenvalue weighted by molar-refractivity contribution is 7.10. The summed E-state index contributed by atoms with van der Waals surface area (Å²) in [5.74, 6) is 0.824. The van der Waals surface area contributed by atoms with Crippen molar-refractivity contribution in [2.45, 2.75) is 13.0 Å². The van der Waals surface area contributed by atoms with E-state index in [4.69, 9.17) is 9.15 Å². The third kappa shape index (κ3) is 4.35. The van der Waals surface area contributed by atoms with Crippen molar-refractivity contribution >= 4 is 23.3 Å². The largest absolute Gasteiger partial charge is 0.468 e. The van der Waals surface area contributed by atoms with E-state index >= 15 is 0 Å². The van der Waals surface area contributed by atoms with E-state index in [0.29, 0.717) is 25.3 Å². The van der Waals surface area contributed by atoms with E-state index < -0.39 is 0 Å². The number of nitrogens with one attached hydrogen (secondary N) is 1. The van der Waals surface area contributed by atoms with Crippen LogP contribution < -0.4 is 5.32 Å². The molecule has 2 aromatic rings. The number of amides is 1. The summed E-state index contributed by atoms with van der Waals surface area (Å²) in [5.41, 5.74) is 0.706. The molecule has 0 aliphatic carbocycles. The van der Waals surface area contributed by atoms with Crippen LogP contribution in [-0.2, 0) is 9.53 Å². The molecule has 1 amide bonds. The Labute approximate surface area is 145 Å². The molecule has 2 aromatic heterocycles. The molecule has 1 atom stereocenters. The molecule has 128 valence electrons. The maximum Gasteiger partial charge on any atom is 0.247 e. The minimum absolute atomic E-state index is 0.0300. The first-order valence-corrected chi connectivity index (χ1v) is 8.97. The van der Waals surface area contributed by atoms with Crippen LogP contribution in [-0.4, -0.2) is 43.7 Å². The Bertz CT molecular complexity index is 659. The second-order valence-electron chi connectivity index (χ2n) is 5.73. The van der Waals surface area contributed by atoms with Gasteiger partial charge in [-0.05, 0) is 36.6 Å². The molecule has 0 bridgehead atoms. The highest BCUT2D eigenvalue weighted by Gasteiger charge is 2.25. The first kappa shape index (κ1) is 17.0. The molecule has 1 unspecified atom stereocenters. The summed E-state index contributed by atoms with van der Waals surface area (Å²) in [6.45, 7) is 5.45. The first-order valence-electron chi connectivity index (χ1n) is 8.09. The van der Waals surface area contributed by atoms with E-state index in [-0.39, 0.29) is 11.9 Å². The number of hydrogen-bond donors (Lipinski definition) is 1. The van der Waals surface area contributed by atoms with Gasteiger partial charge in [-0.1, -0.05) is 6.07 Å². The number of ether oxygens (including phenoxy) is 1. The molecule has 0 saturated carbocycles. The molecule has 24 heavy (non-hydrogen) atoms. The first-order chi connectivity index (χ1) is 11.7. The van der Waals surface area contributed by atoms with Crippen molar-refractivity contribution in [2.75, 3.05) is 32.8 Å². The Morgan fingerprint density at radius 1 is 1.38 bits per heavy atom. The standard InChI is InChI=1S/C18H22N2O3S/c1-14(12-15-4-3-11-24-15)18(21)19-13-16(17-5-2-8-23-17)20-6-9-22-10-7-20/h2-5,8,11-12,16H,6-7,9-10,13H2,1H3,(H,19,21)/b14-12+. The van der Waals surface area contributed by atoms with Gasteiger partial charge in [0.05, 0.1) is 25.5 Å². The van der Waals surface area contributed by atoms with Crippen LogP contribution in [0.1, 0.15) is 23.6 Å². The molecule has 5 nitrogen and oxygen atoms in total. The van der Waals surface area contributed by atoms with Gasteiger partial charge in [-0.3, -0.25) is 9.69 Å². The normalized spacial score (nSPS) is 17.6. The highest BCUT2D eigenvalue weighted by Crippen LogP contribution is 2.22. The topological polar surface area (TPSA) is 54.7 Å². The maximum atomic E-state index is 12.4. The predicted octanol–water partition coefficient (Wildman–Crippen LogP) is 2.93. The zero-order chi connectivity index (χ0) is 16.8. The molecular formula is C18H22N2O3S. The lowest BCUT2D eigenvalue weighted by atomic mass is 10.1. The molecular weight excluding hydrogens is 324 g/mol. The number of morpholine rings is 1. The predicted molar refractivity (Wildman–Crippen MR) is 94.8 cm³/mol. The van der Waals surface area contributed by atoms with Crippen LogP contribution in [0.25, 0.3) is 6.08 Å². The number of rotatable bonds is 6. The molecule has 6 heteroatoms. The van der Waals surface area contributed by atoms with E-state index in [1.807, 2.05) is 42.6 Å². The van der Waals surface area contributed by atoms with Gasteiger partial charge in [0.15, 0.2) is 0 Å². The molecule has 0 radical (unpaired) electrons. The second kappa shape index (κ2) is 8.28. The van der Waals surface area contributed by atoms with E-state index in [0.717, 1.165) is 23.7 Å². The smallest absolute Gasteiger partial charge is 0.247 e. The van der Waals surface area contributed by atoms with Gasteiger partial charge in [-0.2, -0.15) is 0 Å². The van der Waals surface area contributed by atoms with Crippen LogP contribution in [0.15, 0.2) is 45.9 Å². The fraction of sp³-hybridized carbons (Fsp3) is 0.389. The average molecular weight is 346 g/mol. The van der Waals surface area contributed by atoms with Crippen molar-refractivity contribution in [1.82, 2.24) is 10.2 Å². The average Bonchev–Trinajstić information content (AvgIpc) is 3.30. The van der Waals surface area contributed by atoms with Crippen LogP contribution in [0.5, 0.6) is 0 Å². The van der Waals surface area contributed by atoms with Gasteiger partial charge in [-0.15, -0.1) is 11.3 Å². The van der Waals surface area contributed by atoms with Crippen LogP contribution in [0.4, 0.5) is 0 Å². The highest BCUT2D eigenvalue weighted by atomic mass is 32.1. The van der Waals surface area contributed by atoms with Crippen molar-refractivity contribution in [1.29, 1.82) is 0 Å². The summed E-state index contributed by atoms with van der Waals surface area (Å²) in [7, 11) is 0. The third-order valence-corrected chi connectivity index (χ3v) is 4.89. The molecule has 1 fully saturated rings. The Hall–Kier alpha value is -1.89. The van der Waals surface area contributed by atoms with E-state index in [9.17, 15) is 4.79 Å². The Morgan fingerprint density at radius 2 is 2.21 bits per heavy atom. The Balaban J connectivity index is 1.63. The fourth-order valence-corrected chi connectivity index (χ4v) is 3.48. The minimum Gasteiger partial charge on any atom is -0.468 e. The van der Waals surface area contributed by atoms with Crippen molar-refractivity contribution in [3.63, 3.8) is 0 Å². The fourth-order valence-electron chi connectivity index (χ4n) is 2.76. The van der Waals surface area contributed by atoms with Gasteiger partial charge in [-0.25, -0.2) is 0 Å². The number of carbonyl (C=O) groups is 1. The summed E-state index contributed by atoms with van der Waals surface area (Å²) >= 11 is 1.62.